The molecule has 0 fully saturated rings. The van der Waals surface area contributed by atoms with E-state index in [0.29, 0.717) is 0 Å². The van der Waals surface area contributed by atoms with Crippen LogP contribution in [0, 0.1) is 5.82 Å². The van der Waals surface area contributed by atoms with Gasteiger partial charge in [-0.15, -0.1) is 11.8 Å². The second kappa shape index (κ2) is 11.5. The molecule has 2 N–H and O–H groups in total. The highest BCUT2D eigenvalue weighted by molar-refractivity contribution is 7.99. The fourth-order valence-corrected chi connectivity index (χ4v) is 3.01. The Balaban J connectivity index is 1.66. The molecule has 1 aromatic heterocycles. The van der Waals surface area contributed by atoms with Crippen molar-refractivity contribution >= 4 is 17.7 Å². The molecule has 0 bridgehead atoms. The standard InChI is InChI=1S/C19H25FN4S/c1-2-21-19(24-14-11-17-6-3-4-12-22-17)23-13-5-15-25-18-9-7-16(20)8-10-18/h3-4,6-10,12H,2,5,11,13-15H2,1H3,(H2,21,23,24). The zero-order valence-electron chi connectivity index (χ0n) is 14.5. The van der Waals surface area contributed by atoms with Crippen LogP contribution < -0.4 is 10.6 Å². The predicted molar refractivity (Wildman–Crippen MR) is 104 cm³/mol. The van der Waals surface area contributed by atoms with Gasteiger partial charge in [-0.25, -0.2) is 4.39 Å². The molecule has 6 heteroatoms. The molecule has 0 aliphatic rings. The maximum Gasteiger partial charge on any atom is 0.191 e. The van der Waals surface area contributed by atoms with Gasteiger partial charge in [-0.1, -0.05) is 6.07 Å². The Labute approximate surface area is 153 Å². The van der Waals surface area contributed by atoms with E-state index in [9.17, 15) is 4.39 Å². The quantitative estimate of drug-likeness (QED) is 0.311. The summed E-state index contributed by atoms with van der Waals surface area (Å²) in [6.45, 7) is 4.44. The van der Waals surface area contributed by atoms with E-state index in [1.807, 2.05) is 36.5 Å². The van der Waals surface area contributed by atoms with Crippen LogP contribution in [-0.2, 0) is 6.42 Å². The first-order valence-corrected chi connectivity index (χ1v) is 9.57. The first-order valence-electron chi connectivity index (χ1n) is 8.58. The zero-order chi connectivity index (χ0) is 17.7. The number of rotatable bonds is 9. The van der Waals surface area contributed by atoms with Crippen molar-refractivity contribution in [3.63, 3.8) is 0 Å². The zero-order valence-corrected chi connectivity index (χ0v) is 15.4. The number of thioether (sulfide) groups is 1. The molecule has 0 spiro atoms. The van der Waals surface area contributed by atoms with Crippen molar-refractivity contribution in [2.24, 2.45) is 4.99 Å². The maximum atomic E-state index is 12.9. The van der Waals surface area contributed by atoms with Gasteiger partial charge in [0.2, 0.25) is 0 Å². The van der Waals surface area contributed by atoms with Gasteiger partial charge in [-0.2, -0.15) is 0 Å². The van der Waals surface area contributed by atoms with Gasteiger partial charge in [-0.3, -0.25) is 9.98 Å². The fourth-order valence-electron chi connectivity index (χ4n) is 2.17. The van der Waals surface area contributed by atoms with Crippen molar-refractivity contribution < 1.29 is 4.39 Å². The largest absolute Gasteiger partial charge is 0.357 e. The van der Waals surface area contributed by atoms with Crippen molar-refractivity contribution in [2.75, 3.05) is 25.4 Å². The molecule has 0 saturated heterocycles. The number of pyridine rings is 1. The van der Waals surface area contributed by atoms with Gasteiger partial charge >= 0.3 is 0 Å². The van der Waals surface area contributed by atoms with Crippen molar-refractivity contribution in [3.8, 4) is 0 Å². The third-order valence-corrected chi connectivity index (χ3v) is 4.50. The first-order chi connectivity index (χ1) is 12.3. The summed E-state index contributed by atoms with van der Waals surface area (Å²) in [5.74, 6) is 1.61. The highest BCUT2D eigenvalue weighted by Crippen LogP contribution is 2.18. The molecule has 0 atom stereocenters. The summed E-state index contributed by atoms with van der Waals surface area (Å²) in [5, 5.41) is 6.59. The van der Waals surface area contributed by atoms with Crippen LogP contribution in [-0.4, -0.2) is 36.3 Å². The Morgan fingerprint density at radius 3 is 2.72 bits per heavy atom. The van der Waals surface area contributed by atoms with Crippen LogP contribution in [0.3, 0.4) is 0 Å². The van der Waals surface area contributed by atoms with Crippen LogP contribution >= 0.6 is 11.8 Å². The molecule has 0 aliphatic carbocycles. The van der Waals surface area contributed by atoms with Gasteiger partial charge in [0.05, 0.1) is 0 Å². The maximum absolute atomic E-state index is 12.9. The number of halogens is 1. The third-order valence-electron chi connectivity index (χ3n) is 3.40. The molecule has 0 aliphatic heterocycles. The highest BCUT2D eigenvalue weighted by Gasteiger charge is 1.99. The average molecular weight is 361 g/mol. The normalized spacial score (nSPS) is 11.4. The molecule has 0 amide bonds. The fraction of sp³-hybridized carbons (Fsp3) is 0.368. The van der Waals surface area contributed by atoms with E-state index < -0.39 is 0 Å². The first kappa shape index (κ1) is 19.2. The monoisotopic (exact) mass is 360 g/mol. The van der Waals surface area contributed by atoms with E-state index in [-0.39, 0.29) is 5.82 Å². The van der Waals surface area contributed by atoms with Gasteiger partial charge in [0.15, 0.2) is 5.96 Å². The minimum Gasteiger partial charge on any atom is -0.357 e. The van der Waals surface area contributed by atoms with E-state index in [1.165, 1.54) is 12.1 Å². The number of nitrogens with zero attached hydrogens (tertiary/aromatic N) is 2. The molecule has 25 heavy (non-hydrogen) atoms. The van der Waals surface area contributed by atoms with Crippen molar-refractivity contribution in [1.82, 2.24) is 15.6 Å². The molecule has 0 radical (unpaired) electrons. The number of guanidine groups is 1. The molecule has 134 valence electrons. The Morgan fingerprint density at radius 1 is 1.16 bits per heavy atom. The Kier molecular flexibility index (Phi) is 8.83. The Morgan fingerprint density at radius 2 is 2.00 bits per heavy atom. The summed E-state index contributed by atoms with van der Waals surface area (Å²) in [4.78, 5) is 10.00. The average Bonchev–Trinajstić information content (AvgIpc) is 2.64. The third kappa shape index (κ3) is 8.03. The van der Waals surface area contributed by atoms with Crippen LogP contribution in [0.15, 0.2) is 58.5 Å². The molecular formula is C19H25FN4S. The molecule has 0 saturated carbocycles. The van der Waals surface area contributed by atoms with Crippen molar-refractivity contribution in [1.29, 1.82) is 0 Å². The van der Waals surface area contributed by atoms with Gasteiger partial charge in [0, 0.05) is 42.8 Å². The van der Waals surface area contributed by atoms with Gasteiger partial charge in [0.1, 0.15) is 5.82 Å². The summed E-state index contributed by atoms with van der Waals surface area (Å²) in [6.07, 6.45) is 3.65. The number of aromatic nitrogens is 1. The minimum atomic E-state index is -0.194. The summed E-state index contributed by atoms with van der Waals surface area (Å²) in [7, 11) is 0. The van der Waals surface area contributed by atoms with E-state index in [4.69, 9.17) is 0 Å². The molecule has 2 rings (SSSR count). The van der Waals surface area contributed by atoms with Crippen molar-refractivity contribution in [3.05, 3.63) is 60.2 Å². The van der Waals surface area contributed by atoms with Crippen LogP contribution in [0.4, 0.5) is 4.39 Å². The summed E-state index contributed by atoms with van der Waals surface area (Å²) in [6, 6.07) is 12.6. The van der Waals surface area contributed by atoms with Gasteiger partial charge < -0.3 is 10.6 Å². The van der Waals surface area contributed by atoms with Crippen LogP contribution in [0.2, 0.25) is 0 Å². The number of hydrogen-bond acceptors (Lipinski definition) is 3. The van der Waals surface area contributed by atoms with E-state index in [2.05, 4.69) is 27.5 Å². The Hall–Kier alpha value is -2.08. The lowest BCUT2D eigenvalue weighted by Crippen LogP contribution is -2.38. The van der Waals surface area contributed by atoms with Crippen LogP contribution in [0.5, 0.6) is 0 Å². The molecule has 2 aromatic rings. The topological polar surface area (TPSA) is 49.3 Å². The van der Waals surface area contributed by atoms with Crippen LogP contribution in [0.25, 0.3) is 0 Å². The summed E-state index contributed by atoms with van der Waals surface area (Å²) < 4.78 is 12.9. The van der Waals surface area contributed by atoms with E-state index in [0.717, 1.165) is 54.8 Å². The second-order valence-electron chi connectivity index (χ2n) is 5.41. The lowest BCUT2D eigenvalue weighted by Gasteiger charge is -2.11. The smallest absolute Gasteiger partial charge is 0.191 e. The van der Waals surface area contributed by atoms with Crippen molar-refractivity contribution in [2.45, 2.75) is 24.7 Å². The predicted octanol–water partition coefficient (Wildman–Crippen LogP) is 3.50. The molecule has 0 unspecified atom stereocenters. The molecular weight excluding hydrogens is 335 g/mol. The lowest BCUT2D eigenvalue weighted by molar-refractivity contribution is 0.626. The Bertz CT molecular complexity index is 632. The number of aliphatic imine (C=N–C) groups is 1. The van der Waals surface area contributed by atoms with Gasteiger partial charge in [0.25, 0.3) is 0 Å². The minimum absolute atomic E-state index is 0.194. The number of nitrogens with one attached hydrogen (secondary N) is 2. The number of hydrogen-bond donors (Lipinski definition) is 2. The summed E-state index contributed by atoms with van der Waals surface area (Å²) in [5.41, 5.74) is 1.07. The lowest BCUT2D eigenvalue weighted by atomic mass is 10.3. The van der Waals surface area contributed by atoms with Crippen LogP contribution in [0.1, 0.15) is 19.0 Å². The highest BCUT2D eigenvalue weighted by atomic mass is 32.2. The van der Waals surface area contributed by atoms with E-state index >= 15 is 0 Å². The van der Waals surface area contributed by atoms with E-state index in [1.54, 1.807) is 11.8 Å². The molecule has 1 aromatic carbocycles. The SMILES string of the molecule is CCNC(=NCCCSc1ccc(F)cc1)NCCc1ccccn1. The molecule has 1 heterocycles. The summed E-state index contributed by atoms with van der Waals surface area (Å²) >= 11 is 1.72. The molecule has 4 nitrogen and oxygen atoms in total. The van der Waals surface area contributed by atoms with Gasteiger partial charge in [-0.05, 0) is 55.5 Å². The second-order valence-corrected chi connectivity index (χ2v) is 6.58. The number of benzene rings is 1.